The summed E-state index contributed by atoms with van der Waals surface area (Å²) in [5, 5.41) is 3.98. The number of anilines is 1. The van der Waals surface area contributed by atoms with E-state index in [4.69, 9.17) is 18.0 Å². The predicted octanol–water partition coefficient (Wildman–Crippen LogP) is 0.0978. The minimum Gasteiger partial charge on any atom is -0.389 e. The van der Waals surface area contributed by atoms with Gasteiger partial charge in [-0.05, 0) is 6.42 Å². The Morgan fingerprint density at radius 1 is 1.41 bits per heavy atom. The van der Waals surface area contributed by atoms with E-state index in [1.54, 1.807) is 7.05 Å². The van der Waals surface area contributed by atoms with Crippen LogP contribution in [-0.4, -0.2) is 26.6 Å². The first-order chi connectivity index (χ1) is 8.02. The first-order valence-electron chi connectivity index (χ1n) is 5.20. The number of hydrogen-bond donors (Lipinski definition) is 1. The molecule has 2 N–H and O–H groups in total. The number of nitrogens with zero attached hydrogens (tertiary/aromatic N) is 3. The summed E-state index contributed by atoms with van der Waals surface area (Å²) in [7, 11) is 1.65. The number of aryl methyl sites for hydroxylation is 1. The molecule has 1 aliphatic rings. The van der Waals surface area contributed by atoms with Gasteiger partial charge in [-0.25, -0.2) is 4.90 Å². The molecule has 0 saturated carbocycles. The third kappa shape index (κ3) is 1.93. The van der Waals surface area contributed by atoms with Crippen molar-refractivity contribution >= 4 is 34.8 Å². The van der Waals surface area contributed by atoms with Crippen LogP contribution in [0.25, 0.3) is 0 Å². The fraction of sp³-hybridized carbons (Fsp3) is 0.400. The maximum absolute atomic E-state index is 11.8. The number of thiocarbonyl (C=S) groups is 1. The molecule has 1 fully saturated rings. The van der Waals surface area contributed by atoms with Crippen LogP contribution < -0.4 is 10.6 Å². The smallest absolute Gasteiger partial charge is 0.235 e. The van der Waals surface area contributed by atoms with Gasteiger partial charge in [0.15, 0.2) is 5.82 Å². The molecule has 1 aliphatic heterocycles. The van der Waals surface area contributed by atoms with Gasteiger partial charge in [-0.2, -0.15) is 5.10 Å². The fourth-order valence-corrected chi connectivity index (χ4v) is 2.00. The Hall–Kier alpha value is -1.76. The van der Waals surface area contributed by atoms with Crippen LogP contribution >= 0.6 is 12.2 Å². The molecule has 17 heavy (non-hydrogen) atoms. The summed E-state index contributed by atoms with van der Waals surface area (Å²) in [5.41, 5.74) is 6.00. The molecule has 6 nitrogen and oxygen atoms in total. The zero-order chi connectivity index (χ0) is 12.6. The molecule has 0 aliphatic carbocycles. The third-order valence-corrected chi connectivity index (χ3v) is 2.88. The zero-order valence-corrected chi connectivity index (χ0v) is 10.2. The van der Waals surface area contributed by atoms with Gasteiger partial charge in [0.25, 0.3) is 0 Å². The molecule has 90 valence electrons. The summed E-state index contributed by atoms with van der Waals surface area (Å²) >= 11 is 4.88. The minimum atomic E-state index is -0.234. The van der Waals surface area contributed by atoms with Crippen LogP contribution in [0.1, 0.15) is 24.8 Å². The quantitative estimate of drug-likeness (QED) is 0.596. The normalized spacial score (nSPS) is 16.4. The largest absolute Gasteiger partial charge is 0.389 e. The summed E-state index contributed by atoms with van der Waals surface area (Å²) < 4.78 is 1.44. The number of carbonyl (C=O) groups is 2. The lowest BCUT2D eigenvalue weighted by Gasteiger charge is -2.25. The number of piperidine rings is 1. The van der Waals surface area contributed by atoms with Crippen molar-refractivity contribution in [2.75, 3.05) is 4.90 Å². The lowest BCUT2D eigenvalue weighted by Crippen LogP contribution is -2.42. The number of rotatable bonds is 2. The Morgan fingerprint density at radius 2 is 2.00 bits per heavy atom. The topological polar surface area (TPSA) is 81.2 Å². The number of amides is 2. The molecule has 1 aromatic heterocycles. The van der Waals surface area contributed by atoms with Crippen molar-refractivity contribution in [1.29, 1.82) is 0 Å². The van der Waals surface area contributed by atoms with Crippen LogP contribution in [0.3, 0.4) is 0 Å². The average Bonchev–Trinajstić information content (AvgIpc) is 2.61. The molecular weight excluding hydrogens is 240 g/mol. The van der Waals surface area contributed by atoms with Gasteiger partial charge in [0.1, 0.15) is 4.99 Å². The Labute approximate surface area is 103 Å². The Balaban J connectivity index is 2.51. The van der Waals surface area contributed by atoms with E-state index in [0.29, 0.717) is 30.6 Å². The highest BCUT2D eigenvalue weighted by Crippen LogP contribution is 2.25. The van der Waals surface area contributed by atoms with E-state index in [-0.39, 0.29) is 16.8 Å². The Morgan fingerprint density at radius 3 is 2.53 bits per heavy atom. The number of aromatic nitrogens is 2. The molecule has 1 aromatic rings. The first-order valence-corrected chi connectivity index (χ1v) is 5.60. The molecule has 1 saturated heterocycles. The second-order valence-electron chi connectivity index (χ2n) is 3.85. The second kappa shape index (κ2) is 4.25. The van der Waals surface area contributed by atoms with Crippen molar-refractivity contribution in [2.24, 2.45) is 12.8 Å². The van der Waals surface area contributed by atoms with Crippen LogP contribution in [0.2, 0.25) is 0 Å². The summed E-state index contributed by atoms with van der Waals surface area (Å²) in [6.07, 6.45) is 2.77. The Kier molecular flexibility index (Phi) is 2.93. The van der Waals surface area contributed by atoms with Crippen LogP contribution in [0.15, 0.2) is 6.20 Å². The average molecular weight is 252 g/mol. The lowest BCUT2D eigenvalue weighted by molar-refractivity contribution is -0.129. The van der Waals surface area contributed by atoms with Gasteiger partial charge in [-0.3, -0.25) is 14.3 Å². The van der Waals surface area contributed by atoms with Gasteiger partial charge in [0.2, 0.25) is 11.8 Å². The number of carbonyl (C=O) groups excluding carboxylic acids is 2. The van der Waals surface area contributed by atoms with Crippen molar-refractivity contribution in [3.63, 3.8) is 0 Å². The molecule has 0 atom stereocenters. The Bertz CT molecular complexity index is 492. The van der Waals surface area contributed by atoms with E-state index in [0.717, 1.165) is 4.90 Å². The fourth-order valence-electron chi connectivity index (χ4n) is 1.86. The highest BCUT2D eigenvalue weighted by atomic mass is 32.1. The summed E-state index contributed by atoms with van der Waals surface area (Å²) in [4.78, 5) is 24.9. The van der Waals surface area contributed by atoms with Gasteiger partial charge in [-0.15, -0.1) is 0 Å². The standard InChI is InChI=1S/C10H12N4O2S/c1-13-10(6(5-12-13)9(11)17)14-7(15)3-2-4-8(14)16/h5H,2-4H2,1H3,(H2,11,17). The number of hydrogen-bond acceptors (Lipinski definition) is 4. The van der Waals surface area contributed by atoms with Gasteiger partial charge in [-0.1, -0.05) is 12.2 Å². The zero-order valence-electron chi connectivity index (χ0n) is 9.34. The van der Waals surface area contributed by atoms with E-state index in [2.05, 4.69) is 5.10 Å². The molecule has 0 bridgehead atoms. The van der Waals surface area contributed by atoms with E-state index >= 15 is 0 Å². The van der Waals surface area contributed by atoms with E-state index in [1.165, 1.54) is 10.9 Å². The SMILES string of the molecule is Cn1ncc(C(N)=S)c1N1C(=O)CCCC1=O. The molecule has 0 radical (unpaired) electrons. The van der Waals surface area contributed by atoms with Crippen LogP contribution in [0, 0.1) is 0 Å². The molecule has 0 unspecified atom stereocenters. The van der Waals surface area contributed by atoms with Crippen LogP contribution in [0.5, 0.6) is 0 Å². The maximum atomic E-state index is 11.8. The van der Waals surface area contributed by atoms with Gasteiger partial charge >= 0.3 is 0 Å². The van der Waals surface area contributed by atoms with Crippen LogP contribution in [-0.2, 0) is 16.6 Å². The number of imide groups is 1. The predicted molar refractivity (Wildman–Crippen MR) is 65.4 cm³/mol. The van der Waals surface area contributed by atoms with Gasteiger partial charge in [0.05, 0.1) is 11.8 Å². The summed E-state index contributed by atoms with van der Waals surface area (Å²) in [5.74, 6) is -0.100. The van der Waals surface area contributed by atoms with Gasteiger partial charge in [0, 0.05) is 19.9 Å². The molecule has 2 amide bonds. The first kappa shape index (κ1) is 11.7. The maximum Gasteiger partial charge on any atom is 0.235 e. The van der Waals surface area contributed by atoms with Crippen molar-refractivity contribution in [3.8, 4) is 0 Å². The molecule has 2 rings (SSSR count). The molecule has 2 heterocycles. The number of nitrogens with two attached hydrogens (primary N) is 1. The molecule has 0 aromatic carbocycles. The lowest BCUT2D eigenvalue weighted by atomic mass is 10.1. The van der Waals surface area contributed by atoms with Gasteiger partial charge < -0.3 is 5.73 Å². The highest BCUT2D eigenvalue weighted by molar-refractivity contribution is 7.80. The molecule has 0 spiro atoms. The monoisotopic (exact) mass is 252 g/mol. The summed E-state index contributed by atoms with van der Waals surface area (Å²) in [6, 6.07) is 0. The van der Waals surface area contributed by atoms with Crippen molar-refractivity contribution in [1.82, 2.24) is 9.78 Å². The van der Waals surface area contributed by atoms with E-state index in [9.17, 15) is 9.59 Å². The van der Waals surface area contributed by atoms with Crippen molar-refractivity contribution in [2.45, 2.75) is 19.3 Å². The second-order valence-corrected chi connectivity index (χ2v) is 4.29. The molecular formula is C10H12N4O2S. The van der Waals surface area contributed by atoms with Crippen LogP contribution in [0.4, 0.5) is 5.82 Å². The molecule has 7 heteroatoms. The van der Waals surface area contributed by atoms with E-state index in [1.807, 2.05) is 0 Å². The van der Waals surface area contributed by atoms with Crippen molar-refractivity contribution < 1.29 is 9.59 Å². The van der Waals surface area contributed by atoms with Crippen molar-refractivity contribution in [3.05, 3.63) is 11.8 Å². The minimum absolute atomic E-state index is 0.124. The highest BCUT2D eigenvalue weighted by Gasteiger charge is 2.31. The third-order valence-electron chi connectivity index (χ3n) is 2.66. The summed E-state index contributed by atoms with van der Waals surface area (Å²) in [6.45, 7) is 0. The van der Waals surface area contributed by atoms with E-state index < -0.39 is 0 Å².